The molecule has 114 valence electrons. The van der Waals surface area contributed by atoms with Gasteiger partial charge in [-0.1, -0.05) is 76.9 Å². The zero-order valence-corrected chi connectivity index (χ0v) is 13.2. The Hall–Kier alpha value is -0.300. The van der Waals surface area contributed by atoms with Crippen molar-refractivity contribution in [2.75, 3.05) is 6.61 Å². The maximum absolute atomic E-state index is 8.66. The van der Waals surface area contributed by atoms with E-state index in [0.29, 0.717) is 6.61 Å². The lowest BCUT2D eigenvalue weighted by Gasteiger charge is -1.99. The molecule has 0 bridgehead atoms. The summed E-state index contributed by atoms with van der Waals surface area (Å²) in [5, 5.41) is 8.66. The third kappa shape index (κ3) is 17.7. The van der Waals surface area contributed by atoms with E-state index in [1.54, 1.807) is 0 Å². The zero-order chi connectivity index (χ0) is 14.0. The highest BCUT2D eigenvalue weighted by molar-refractivity contribution is 4.81. The Morgan fingerprint density at radius 3 is 1.47 bits per heavy atom. The third-order valence-electron chi connectivity index (χ3n) is 3.67. The van der Waals surface area contributed by atoms with Crippen LogP contribution >= 0.6 is 0 Å². The molecule has 0 radical (unpaired) electrons. The highest BCUT2D eigenvalue weighted by atomic mass is 16.2. The van der Waals surface area contributed by atoms with Crippen molar-refractivity contribution in [3.8, 4) is 0 Å². The molecule has 0 saturated carbocycles. The summed E-state index contributed by atoms with van der Waals surface area (Å²) < 4.78 is 0. The Kier molecular flexibility index (Phi) is 17.4. The van der Waals surface area contributed by atoms with Gasteiger partial charge < -0.3 is 5.11 Å². The van der Waals surface area contributed by atoms with Crippen LogP contribution in [0.5, 0.6) is 0 Å². The van der Waals surface area contributed by atoms with Crippen molar-refractivity contribution in [2.45, 2.75) is 96.8 Å². The van der Waals surface area contributed by atoms with Gasteiger partial charge in [0, 0.05) is 6.61 Å². The number of unbranched alkanes of at least 4 members (excludes halogenated alkanes) is 12. The fourth-order valence-electron chi connectivity index (χ4n) is 2.36. The molecule has 0 saturated heterocycles. The van der Waals surface area contributed by atoms with Gasteiger partial charge in [0.15, 0.2) is 0 Å². The monoisotopic (exact) mass is 268 g/mol. The molecule has 0 aliphatic rings. The first kappa shape index (κ1) is 18.7. The smallest absolute Gasteiger partial charge is 0.0431 e. The molecule has 0 atom stereocenters. The lowest BCUT2D eigenvalue weighted by molar-refractivity contribution is 0.282. The van der Waals surface area contributed by atoms with Crippen LogP contribution in [0.4, 0.5) is 0 Å². The molecule has 0 aromatic heterocycles. The van der Waals surface area contributed by atoms with Crippen LogP contribution in [0.15, 0.2) is 12.2 Å². The van der Waals surface area contributed by atoms with Crippen LogP contribution < -0.4 is 0 Å². The Morgan fingerprint density at radius 2 is 1.00 bits per heavy atom. The number of aliphatic hydroxyl groups is 1. The molecule has 0 aromatic rings. The first-order valence-corrected chi connectivity index (χ1v) is 8.67. The summed E-state index contributed by atoms with van der Waals surface area (Å²) in [6, 6.07) is 0. The Balaban J connectivity index is 3.01. The van der Waals surface area contributed by atoms with Gasteiger partial charge in [-0.05, 0) is 32.1 Å². The average Bonchev–Trinajstić information content (AvgIpc) is 2.43. The molecule has 0 amide bonds. The summed E-state index contributed by atoms with van der Waals surface area (Å²) in [6.07, 6.45) is 23.2. The van der Waals surface area contributed by atoms with Gasteiger partial charge in [0.2, 0.25) is 0 Å². The van der Waals surface area contributed by atoms with Crippen LogP contribution in [0.1, 0.15) is 96.8 Å². The molecular weight excluding hydrogens is 232 g/mol. The minimum absolute atomic E-state index is 0.359. The predicted octanol–water partition coefficient (Wildman–Crippen LogP) is 6.02. The third-order valence-corrected chi connectivity index (χ3v) is 3.67. The van der Waals surface area contributed by atoms with Gasteiger partial charge in [-0.15, -0.1) is 0 Å². The summed E-state index contributed by atoms with van der Waals surface area (Å²) in [5.74, 6) is 0. The van der Waals surface area contributed by atoms with Crippen LogP contribution in [-0.2, 0) is 0 Å². The molecule has 1 heteroatoms. The normalized spacial score (nSPS) is 11.5. The van der Waals surface area contributed by atoms with Crippen molar-refractivity contribution in [1.29, 1.82) is 0 Å². The lowest BCUT2D eigenvalue weighted by atomic mass is 10.1. The van der Waals surface area contributed by atoms with Crippen molar-refractivity contribution in [3.05, 3.63) is 12.2 Å². The predicted molar refractivity (Wildman–Crippen MR) is 86.5 cm³/mol. The average molecular weight is 268 g/mol. The topological polar surface area (TPSA) is 20.2 Å². The largest absolute Gasteiger partial charge is 0.396 e. The highest BCUT2D eigenvalue weighted by Crippen LogP contribution is 2.09. The van der Waals surface area contributed by atoms with E-state index in [0.717, 1.165) is 6.42 Å². The Bertz CT molecular complexity index is 175. The van der Waals surface area contributed by atoms with E-state index in [1.165, 1.54) is 83.5 Å². The summed E-state index contributed by atoms with van der Waals surface area (Å²) in [4.78, 5) is 0. The molecule has 0 aromatic carbocycles. The van der Waals surface area contributed by atoms with Crippen LogP contribution in [0.2, 0.25) is 0 Å². The van der Waals surface area contributed by atoms with E-state index in [9.17, 15) is 0 Å². The van der Waals surface area contributed by atoms with E-state index in [1.807, 2.05) is 0 Å². The number of aliphatic hydroxyl groups excluding tert-OH is 1. The number of hydrogen-bond acceptors (Lipinski definition) is 1. The minimum Gasteiger partial charge on any atom is -0.396 e. The van der Waals surface area contributed by atoms with Gasteiger partial charge in [0.05, 0.1) is 0 Å². The molecule has 0 heterocycles. The van der Waals surface area contributed by atoms with Crippen LogP contribution in [-0.4, -0.2) is 11.7 Å². The van der Waals surface area contributed by atoms with Gasteiger partial charge in [-0.3, -0.25) is 0 Å². The maximum Gasteiger partial charge on any atom is 0.0431 e. The number of rotatable bonds is 15. The molecule has 0 aliphatic heterocycles. The number of hydrogen-bond donors (Lipinski definition) is 1. The summed E-state index contributed by atoms with van der Waals surface area (Å²) in [6.45, 7) is 2.63. The molecule has 1 nitrogen and oxygen atoms in total. The first-order valence-electron chi connectivity index (χ1n) is 8.67. The maximum atomic E-state index is 8.66. The van der Waals surface area contributed by atoms with Gasteiger partial charge >= 0.3 is 0 Å². The van der Waals surface area contributed by atoms with Gasteiger partial charge in [0.25, 0.3) is 0 Å². The van der Waals surface area contributed by atoms with E-state index in [-0.39, 0.29) is 0 Å². The quantitative estimate of drug-likeness (QED) is 0.284. The SMILES string of the molecule is CCCCCCCCC/C=C/CCCCCCCO. The summed E-state index contributed by atoms with van der Waals surface area (Å²) in [5.41, 5.74) is 0. The highest BCUT2D eigenvalue weighted by Gasteiger charge is 1.90. The van der Waals surface area contributed by atoms with E-state index in [4.69, 9.17) is 5.11 Å². The summed E-state index contributed by atoms with van der Waals surface area (Å²) in [7, 11) is 0. The van der Waals surface area contributed by atoms with Crippen molar-refractivity contribution in [3.63, 3.8) is 0 Å². The Morgan fingerprint density at radius 1 is 0.579 bits per heavy atom. The molecule has 0 spiro atoms. The van der Waals surface area contributed by atoms with Crippen molar-refractivity contribution < 1.29 is 5.11 Å². The van der Waals surface area contributed by atoms with Gasteiger partial charge in [-0.25, -0.2) is 0 Å². The molecule has 0 rings (SSSR count). The van der Waals surface area contributed by atoms with Gasteiger partial charge in [-0.2, -0.15) is 0 Å². The van der Waals surface area contributed by atoms with Crippen LogP contribution in [0.25, 0.3) is 0 Å². The molecule has 19 heavy (non-hydrogen) atoms. The molecule has 0 fully saturated rings. The second-order valence-corrected chi connectivity index (χ2v) is 5.66. The summed E-state index contributed by atoms with van der Waals surface area (Å²) >= 11 is 0. The van der Waals surface area contributed by atoms with Crippen LogP contribution in [0, 0.1) is 0 Å². The van der Waals surface area contributed by atoms with E-state index in [2.05, 4.69) is 19.1 Å². The minimum atomic E-state index is 0.359. The molecule has 0 unspecified atom stereocenters. The van der Waals surface area contributed by atoms with E-state index >= 15 is 0 Å². The fourth-order valence-corrected chi connectivity index (χ4v) is 2.36. The van der Waals surface area contributed by atoms with Crippen LogP contribution in [0.3, 0.4) is 0 Å². The second-order valence-electron chi connectivity index (χ2n) is 5.66. The lowest BCUT2D eigenvalue weighted by Crippen LogP contribution is -1.83. The zero-order valence-electron chi connectivity index (χ0n) is 13.2. The first-order chi connectivity index (χ1) is 9.41. The standard InChI is InChI=1S/C18H36O/c1-2-3-4-5-6-7-8-9-10-11-12-13-14-15-16-17-18-19/h10-11,19H,2-9,12-18H2,1H3/b11-10+. The molecular formula is C18H36O. The fraction of sp³-hybridized carbons (Fsp3) is 0.889. The van der Waals surface area contributed by atoms with Crippen molar-refractivity contribution in [2.24, 2.45) is 0 Å². The van der Waals surface area contributed by atoms with Gasteiger partial charge in [0.1, 0.15) is 0 Å². The molecule has 1 N–H and O–H groups in total. The molecule has 0 aliphatic carbocycles. The van der Waals surface area contributed by atoms with Crippen molar-refractivity contribution in [1.82, 2.24) is 0 Å². The second kappa shape index (κ2) is 17.7. The van der Waals surface area contributed by atoms with Crippen molar-refractivity contribution >= 4 is 0 Å². The number of allylic oxidation sites excluding steroid dienone is 2. The van der Waals surface area contributed by atoms with E-state index < -0.39 is 0 Å². The Labute approximate surface area is 121 Å².